The van der Waals surface area contributed by atoms with Crippen molar-refractivity contribution < 1.29 is 4.79 Å². The van der Waals surface area contributed by atoms with Crippen molar-refractivity contribution >= 4 is 5.91 Å². The van der Waals surface area contributed by atoms with E-state index in [1.165, 1.54) is 5.56 Å². The predicted molar refractivity (Wildman–Crippen MR) is 75.8 cm³/mol. The van der Waals surface area contributed by atoms with Gasteiger partial charge in [-0.3, -0.25) is 15.1 Å². The predicted octanol–water partition coefficient (Wildman–Crippen LogP) is 1.96. The SMILES string of the molecule is CC(C)NC(=O)C(C)NC1CCCc2cccnc21. The van der Waals surface area contributed by atoms with Crippen molar-refractivity contribution in [3.63, 3.8) is 0 Å². The van der Waals surface area contributed by atoms with E-state index in [4.69, 9.17) is 0 Å². The summed E-state index contributed by atoms with van der Waals surface area (Å²) in [6, 6.07) is 4.29. The minimum Gasteiger partial charge on any atom is -0.353 e. The van der Waals surface area contributed by atoms with Gasteiger partial charge in [0.15, 0.2) is 0 Å². The van der Waals surface area contributed by atoms with Crippen molar-refractivity contribution in [1.29, 1.82) is 0 Å². The lowest BCUT2D eigenvalue weighted by Gasteiger charge is -2.28. The second-order valence-electron chi connectivity index (χ2n) is 5.54. The molecule has 1 aromatic rings. The van der Waals surface area contributed by atoms with E-state index in [-0.39, 0.29) is 24.0 Å². The van der Waals surface area contributed by atoms with E-state index in [0.29, 0.717) is 0 Å². The first-order valence-electron chi connectivity index (χ1n) is 7.08. The van der Waals surface area contributed by atoms with E-state index in [9.17, 15) is 4.79 Å². The monoisotopic (exact) mass is 261 g/mol. The van der Waals surface area contributed by atoms with Crippen LogP contribution < -0.4 is 10.6 Å². The molecule has 1 aliphatic carbocycles. The molecule has 2 rings (SSSR count). The molecule has 0 saturated heterocycles. The molecule has 1 amide bonds. The quantitative estimate of drug-likeness (QED) is 0.871. The molecule has 4 nitrogen and oxygen atoms in total. The highest BCUT2D eigenvalue weighted by atomic mass is 16.2. The van der Waals surface area contributed by atoms with Crippen LogP contribution in [0.5, 0.6) is 0 Å². The molecule has 2 unspecified atom stereocenters. The number of hydrogen-bond donors (Lipinski definition) is 2. The smallest absolute Gasteiger partial charge is 0.237 e. The Labute approximate surface area is 115 Å². The third kappa shape index (κ3) is 3.53. The molecule has 0 bridgehead atoms. The average Bonchev–Trinajstić information content (AvgIpc) is 2.38. The molecule has 0 saturated carbocycles. The molecule has 1 aromatic heterocycles. The van der Waals surface area contributed by atoms with Crippen LogP contribution in [0.1, 0.15) is 50.9 Å². The molecule has 0 spiro atoms. The van der Waals surface area contributed by atoms with Crippen LogP contribution in [-0.2, 0) is 11.2 Å². The Hall–Kier alpha value is -1.42. The Bertz CT molecular complexity index is 445. The van der Waals surface area contributed by atoms with Crippen molar-refractivity contribution in [2.45, 2.75) is 58.2 Å². The number of carbonyl (C=O) groups excluding carboxylic acids is 1. The van der Waals surface area contributed by atoms with Gasteiger partial charge in [0.1, 0.15) is 0 Å². The van der Waals surface area contributed by atoms with Gasteiger partial charge in [-0.25, -0.2) is 0 Å². The molecule has 1 aliphatic rings. The minimum atomic E-state index is -0.194. The Morgan fingerprint density at radius 1 is 1.42 bits per heavy atom. The molecular formula is C15H23N3O. The maximum absolute atomic E-state index is 11.9. The normalized spacial score (nSPS) is 19.9. The molecule has 2 N–H and O–H groups in total. The summed E-state index contributed by atoms with van der Waals surface area (Å²) in [6.45, 7) is 5.86. The topological polar surface area (TPSA) is 54.0 Å². The summed E-state index contributed by atoms with van der Waals surface area (Å²) in [4.78, 5) is 16.4. The van der Waals surface area contributed by atoms with Gasteiger partial charge in [-0.05, 0) is 51.7 Å². The second kappa shape index (κ2) is 6.15. The van der Waals surface area contributed by atoms with Crippen molar-refractivity contribution in [2.75, 3.05) is 0 Å². The van der Waals surface area contributed by atoms with Gasteiger partial charge >= 0.3 is 0 Å². The van der Waals surface area contributed by atoms with Crippen LogP contribution in [0.25, 0.3) is 0 Å². The number of amides is 1. The highest BCUT2D eigenvalue weighted by Crippen LogP contribution is 2.27. The van der Waals surface area contributed by atoms with Crippen molar-refractivity contribution in [2.24, 2.45) is 0 Å². The lowest BCUT2D eigenvalue weighted by Crippen LogP contribution is -2.46. The summed E-state index contributed by atoms with van der Waals surface area (Å²) in [5.41, 5.74) is 2.42. The molecular weight excluding hydrogens is 238 g/mol. The summed E-state index contributed by atoms with van der Waals surface area (Å²) in [7, 11) is 0. The lowest BCUT2D eigenvalue weighted by molar-refractivity contribution is -0.123. The second-order valence-corrected chi connectivity index (χ2v) is 5.54. The van der Waals surface area contributed by atoms with Crippen LogP contribution in [0, 0.1) is 0 Å². The number of aromatic nitrogens is 1. The van der Waals surface area contributed by atoms with Crippen LogP contribution >= 0.6 is 0 Å². The number of rotatable bonds is 4. The summed E-state index contributed by atoms with van der Waals surface area (Å²) < 4.78 is 0. The Morgan fingerprint density at radius 3 is 2.95 bits per heavy atom. The summed E-state index contributed by atoms with van der Waals surface area (Å²) in [5, 5.41) is 6.34. The summed E-state index contributed by atoms with van der Waals surface area (Å²) >= 11 is 0. The van der Waals surface area contributed by atoms with Gasteiger partial charge in [0.05, 0.1) is 17.8 Å². The number of hydrogen-bond acceptors (Lipinski definition) is 3. The zero-order valence-corrected chi connectivity index (χ0v) is 11.9. The van der Waals surface area contributed by atoms with Crippen molar-refractivity contribution in [3.05, 3.63) is 29.6 Å². The summed E-state index contributed by atoms with van der Waals surface area (Å²) in [5.74, 6) is 0.0538. The number of nitrogens with zero attached hydrogens (tertiary/aromatic N) is 1. The van der Waals surface area contributed by atoms with Crippen LogP contribution in [0.2, 0.25) is 0 Å². The number of nitrogens with one attached hydrogen (secondary N) is 2. The maximum Gasteiger partial charge on any atom is 0.237 e. The first kappa shape index (κ1) is 14.0. The fraction of sp³-hybridized carbons (Fsp3) is 0.600. The number of carbonyl (C=O) groups is 1. The largest absolute Gasteiger partial charge is 0.353 e. The van der Waals surface area contributed by atoms with Gasteiger partial charge in [-0.2, -0.15) is 0 Å². The molecule has 0 aliphatic heterocycles. The number of pyridine rings is 1. The lowest BCUT2D eigenvalue weighted by atomic mass is 9.91. The average molecular weight is 261 g/mol. The molecule has 0 aromatic carbocycles. The first-order valence-corrected chi connectivity index (χ1v) is 7.08. The highest BCUT2D eigenvalue weighted by molar-refractivity contribution is 5.81. The van der Waals surface area contributed by atoms with E-state index in [2.05, 4.69) is 21.7 Å². The van der Waals surface area contributed by atoms with E-state index < -0.39 is 0 Å². The third-order valence-electron chi connectivity index (χ3n) is 3.47. The van der Waals surface area contributed by atoms with Gasteiger partial charge in [-0.1, -0.05) is 6.07 Å². The molecule has 0 fully saturated rings. The molecule has 104 valence electrons. The first-order chi connectivity index (χ1) is 9.08. The van der Waals surface area contributed by atoms with E-state index in [1.54, 1.807) is 0 Å². The molecule has 1 heterocycles. The highest BCUT2D eigenvalue weighted by Gasteiger charge is 2.24. The Balaban J connectivity index is 2.02. The zero-order chi connectivity index (χ0) is 13.8. The summed E-state index contributed by atoms with van der Waals surface area (Å²) in [6.07, 6.45) is 5.11. The van der Waals surface area contributed by atoms with Gasteiger partial charge in [0.2, 0.25) is 5.91 Å². The zero-order valence-electron chi connectivity index (χ0n) is 11.9. The number of fused-ring (bicyclic) bond motifs is 1. The van der Waals surface area contributed by atoms with E-state index in [1.807, 2.05) is 33.0 Å². The molecule has 19 heavy (non-hydrogen) atoms. The molecule has 2 atom stereocenters. The minimum absolute atomic E-state index is 0.0538. The van der Waals surface area contributed by atoms with Crippen LogP contribution in [0.4, 0.5) is 0 Å². The molecule has 0 radical (unpaired) electrons. The third-order valence-corrected chi connectivity index (χ3v) is 3.47. The van der Waals surface area contributed by atoms with Gasteiger partial charge in [0, 0.05) is 12.2 Å². The van der Waals surface area contributed by atoms with Gasteiger partial charge in [0.25, 0.3) is 0 Å². The van der Waals surface area contributed by atoms with Crippen molar-refractivity contribution in [1.82, 2.24) is 15.6 Å². The Kier molecular flexibility index (Phi) is 4.53. The maximum atomic E-state index is 11.9. The standard InChI is InChI=1S/C15H23N3O/c1-10(2)17-15(19)11(3)18-13-8-4-6-12-7-5-9-16-14(12)13/h5,7,9-11,13,18H,4,6,8H2,1-3H3,(H,17,19). The van der Waals surface area contributed by atoms with Gasteiger partial charge < -0.3 is 5.32 Å². The molecule has 4 heteroatoms. The van der Waals surface area contributed by atoms with Gasteiger partial charge in [-0.15, -0.1) is 0 Å². The van der Waals surface area contributed by atoms with Crippen LogP contribution in [-0.4, -0.2) is 23.0 Å². The van der Waals surface area contributed by atoms with E-state index in [0.717, 1.165) is 25.0 Å². The van der Waals surface area contributed by atoms with E-state index >= 15 is 0 Å². The Morgan fingerprint density at radius 2 is 2.21 bits per heavy atom. The van der Waals surface area contributed by atoms with Crippen LogP contribution in [0.3, 0.4) is 0 Å². The fourth-order valence-corrected chi connectivity index (χ4v) is 2.56. The fourth-order valence-electron chi connectivity index (χ4n) is 2.56. The van der Waals surface area contributed by atoms with Crippen molar-refractivity contribution in [3.8, 4) is 0 Å². The van der Waals surface area contributed by atoms with Crippen LogP contribution in [0.15, 0.2) is 18.3 Å². The number of aryl methyl sites for hydroxylation is 1.